The lowest BCUT2D eigenvalue weighted by Crippen LogP contribution is -2.36. The molecule has 6 nitrogen and oxygen atoms in total. The molecule has 11 heteroatoms. The average Bonchev–Trinajstić information content (AvgIpc) is 2.64. The number of hydrogen-bond acceptors (Lipinski definition) is 3. The molecule has 2 aromatic rings. The second-order valence-corrected chi connectivity index (χ2v) is 8.65. The first-order valence-corrected chi connectivity index (χ1v) is 10.7. The normalized spacial score (nSPS) is 14.4. The van der Waals surface area contributed by atoms with E-state index in [0.29, 0.717) is 25.1 Å². The van der Waals surface area contributed by atoms with Crippen molar-refractivity contribution in [1.29, 1.82) is 0 Å². The SMILES string of the molecule is O=C(CCP(=O)(O)O)N1CCc2ccc(Oc3ccc(C(F)(F)F)c(F)c3)cc2C1. The second kappa shape index (κ2) is 8.37. The van der Waals surface area contributed by atoms with Crippen LogP contribution in [0.1, 0.15) is 23.1 Å². The lowest BCUT2D eigenvalue weighted by Gasteiger charge is -2.29. The molecule has 0 aromatic heterocycles. The third-order valence-corrected chi connectivity index (χ3v) is 5.45. The monoisotopic (exact) mass is 447 g/mol. The lowest BCUT2D eigenvalue weighted by atomic mass is 9.99. The minimum Gasteiger partial charge on any atom is -0.457 e. The summed E-state index contributed by atoms with van der Waals surface area (Å²) in [6.45, 7) is 0.602. The highest BCUT2D eigenvalue weighted by Crippen LogP contribution is 2.36. The standard InChI is InChI=1S/C19H18F4NO5P/c20-17-10-15(3-4-16(17)19(21,22)23)29-14-2-1-12-5-7-24(11-13(12)9-14)18(25)6-8-30(26,27)28/h1-4,9-10H,5-8,11H2,(H2,26,27,28). The van der Waals surface area contributed by atoms with Crippen molar-refractivity contribution in [1.82, 2.24) is 4.90 Å². The van der Waals surface area contributed by atoms with Gasteiger partial charge in [-0.25, -0.2) is 4.39 Å². The zero-order valence-corrected chi connectivity index (χ0v) is 16.4. The van der Waals surface area contributed by atoms with E-state index in [1.54, 1.807) is 18.2 Å². The zero-order valence-electron chi connectivity index (χ0n) is 15.5. The highest BCUT2D eigenvalue weighted by Gasteiger charge is 2.34. The fourth-order valence-electron chi connectivity index (χ4n) is 3.13. The zero-order chi connectivity index (χ0) is 22.1. The van der Waals surface area contributed by atoms with Crippen molar-refractivity contribution in [2.45, 2.75) is 25.6 Å². The topological polar surface area (TPSA) is 87.1 Å². The van der Waals surface area contributed by atoms with Gasteiger partial charge in [-0.05, 0) is 41.8 Å². The molecule has 0 bridgehead atoms. The molecule has 1 heterocycles. The molecular formula is C19H18F4NO5P. The number of ether oxygens (including phenoxy) is 1. The number of benzene rings is 2. The molecule has 1 aliphatic rings. The van der Waals surface area contributed by atoms with Crippen molar-refractivity contribution in [2.75, 3.05) is 12.7 Å². The van der Waals surface area contributed by atoms with Crippen LogP contribution in [0, 0.1) is 5.82 Å². The Morgan fingerprint density at radius 1 is 1.10 bits per heavy atom. The van der Waals surface area contributed by atoms with Crippen molar-refractivity contribution in [3.05, 3.63) is 58.9 Å². The molecule has 0 spiro atoms. The van der Waals surface area contributed by atoms with Gasteiger partial charge in [0, 0.05) is 25.6 Å². The van der Waals surface area contributed by atoms with Crippen LogP contribution in [0.25, 0.3) is 0 Å². The number of amides is 1. The highest BCUT2D eigenvalue weighted by atomic mass is 31.2. The van der Waals surface area contributed by atoms with E-state index in [9.17, 15) is 26.9 Å². The maximum absolute atomic E-state index is 13.7. The Morgan fingerprint density at radius 3 is 2.40 bits per heavy atom. The molecule has 0 atom stereocenters. The van der Waals surface area contributed by atoms with E-state index in [1.165, 1.54) is 4.90 Å². The number of hydrogen-bond donors (Lipinski definition) is 2. The third kappa shape index (κ3) is 5.59. The summed E-state index contributed by atoms with van der Waals surface area (Å²) in [4.78, 5) is 31.5. The Morgan fingerprint density at radius 2 is 1.77 bits per heavy atom. The van der Waals surface area contributed by atoms with Gasteiger partial charge >= 0.3 is 13.8 Å². The second-order valence-electron chi connectivity index (χ2n) is 6.88. The molecule has 2 aromatic carbocycles. The molecule has 0 radical (unpaired) electrons. The fraction of sp³-hybridized carbons (Fsp3) is 0.316. The van der Waals surface area contributed by atoms with Crippen LogP contribution in [0.3, 0.4) is 0 Å². The molecule has 30 heavy (non-hydrogen) atoms. The van der Waals surface area contributed by atoms with Gasteiger partial charge in [0.2, 0.25) is 5.91 Å². The van der Waals surface area contributed by atoms with Crippen LogP contribution in [0.4, 0.5) is 17.6 Å². The first-order chi connectivity index (χ1) is 13.9. The molecule has 0 aliphatic carbocycles. The van der Waals surface area contributed by atoms with Crippen LogP contribution in [0.5, 0.6) is 11.5 Å². The van der Waals surface area contributed by atoms with Crippen LogP contribution in [0.2, 0.25) is 0 Å². The first-order valence-electron chi connectivity index (χ1n) is 8.91. The van der Waals surface area contributed by atoms with Crippen LogP contribution in [-0.2, 0) is 28.5 Å². The Hall–Kier alpha value is -2.42. The minimum absolute atomic E-state index is 0.106. The van der Waals surface area contributed by atoms with Gasteiger partial charge in [0.15, 0.2) is 0 Å². The summed E-state index contributed by atoms with van der Waals surface area (Å²) in [6.07, 6.45) is -5.07. The van der Waals surface area contributed by atoms with E-state index in [0.717, 1.165) is 17.2 Å². The van der Waals surface area contributed by atoms with Crippen molar-refractivity contribution in [3.8, 4) is 11.5 Å². The van der Waals surface area contributed by atoms with E-state index < -0.39 is 31.3 Å². The fourth-order valence-corrected chi connectivity index (χ4v) is 3.62. The van der Waals surface area contributed by atoms with E-state index >= 15 is 0 Å². The summed E-state index contributed by atoms with van der Waals surface area (Å²) in [5.41, 5.74) is 0.292. The summed E-state index contributed by atoms with van der Waals surface area (Å²) in [6, 6.07) is 7.23. The van der Waals surface area contributed by atoms with E-state index in [2.05, 4.69) is 0 Å². The number of carbonyl (C=O) groups excluding carboxylic acids is 1. The van der Waals surface area contributed by atoms with Gasteiger partial charge in [-0.2, -0.15) is 13.2 Å². The minimum atomic E-state index is -4.80. The summed E-state index contributed by atoms with van der Waals surface area (Å²) >= 11 is 0. The van der Waals surface area contributed by atoms with Gasteiger partial charge < -0.3 is 19.4 Å². The maximum atomic E-state index is 13.7. The summed E-state index contributed by atoms with van der Waals surface area (Å²) in [5.74, 6) is -1.68. The van der Waals surface area contributed by atoms with Crippen LogP contribution in [-0.4, -0.2) is 33.3 Å². The Kier molecular flexibility index (Phi) is 6.21. The quantitative estimate of drug-likeness (QED) is 0.533. The molecular weight excluding hydrogens is 429 g/mol. The van der Waals surface area contributed by atoms with Gasteiger partial charge in [0.05, 0.1) is 11.7 Å². The Labute approximate surface area is 169 Å². The lowest BCUT2D eigenvalue weighted by molar-refractivity contribution is -0.140. The van der Waals surface area contributed by atoms with E-state index in [-0.39, 0.29) is 30.4 Å². The van der Waals surface area contributed by atoms with Gasteiger partial charge in [-0.15, -0.1) is 0 Å². The number of rotatable bonds is 5. The van der Waals surface area contributed by atoms with Crippen LogP contribution < -0.4 is 4.74 Å². The van der Waals surface area contributed by atoms with E-state index in [4.69, 9.17) is 14.5 Å². The molecule has 162 valence electrons. The predicted octanol–water partition coefficient (Wildman–Crippen LogP) is 4.09. The Bertz CT molecular complexity index is 1000. The van der Waals surface area contributed by atoms with Crippen molar-refractivity contribution in [2.24, 2.45) is 0 Å². The van der Waals surface area contributed by atoms with Gasteiger partial charge in [-0.1, -0.05) is 6.07 Å². The summed E-state index contributed by atoms with van der Waals surface area (Å²) in [5, 5.41) is 0. The van der Waals surface area contributed by atoms with Gasteiger partial charge in [-0.3, -0.25) is 9.36 Å². The van der Waals surface area contributed by atoms with Gasteiger partial charge in [0.1, 0.15) is 17.3 Å². The number of nitrogens with zero attached hydrogens (tertiary/aromatic N) is 1. The summed E-state index contributed by atoms with van der Waals surface area (Å²) < 4.78 is 68.1. The largest absolute Gasteiger partial charge is 0.457 e. The molecule has 3 rings (SSSR count). The molecule has 2 N–H and O–H groups in total. The smallest absolute Gasteiger partial charge is 0.419 e. The number of alkyl halides is 3. The van der Waals surface area contributed by atoms with Crippen LogP contribution >= 0.6 is 7.60 Å². The average molecular weight is 447 g/mol. The van der Waals surface area contributed by atoms with Gasteiger partial charge in [0.25, 0.3) is 0 Å². The maximum Gasteiger partial charge on any atom is 0.419 e. The van der Waals surface area contributed by atoms with Crippen LogP contribution in [0.15, 0.2) is 36.4 Å². The predicted molar refractivity (Wildman–Crippen MR) is 98.6 cm³/mol. The number of fused-ring (bicyclic) bond motifs is 1. The van der Waals surface area contributed by atoms with E-state index in [1.807, 2.05) is 0 Å². The Balaban J connectivity index is 1.71. The molecule has 0 unspecified atom stereocenters. The molecule has 0 saturated heterocycles. The molecule has 0 fully saturated rings. The highest BCUT2D eigenvalue weighted by molar-refractivity contribution is 7.51. The van der Waals surface area contributed by atoms with Crippen molar-refractivity contribution < 1.29 is 41.4 Å². The number of carbonyl (C=O) groups is 1. The summed E-state index contributed by atoms with van der Waals surface area (Å²) in [7, 11) is -4.27. The van der Waals surface area contributed by atoms with Crippen molar-refractivity contribution >= 4 is 13.5 Å². The third-order valence-electron chi connectivity index (χ3n) is 4.64. The molecule has 0 saturated carbocycles. The first kappa shape index (κ1) is 22.3. The number of halogens is 4. The molecule has 1 aliphatic heterocycles. The molecule has 1 amide bonds. The van der Waals surface area contributed by atoms with Crippen molar-refractivity contribution in [3.63, 3.8) is 0 Å².